The lowest BCUT2D eigenvalue weighted by Gasteiger charge is -2.47. The number of hydrogen-bond acceptors (Lipinski definition) is 8. The van der Waals surface area contributed by atoms with Crippen molar-refractivity contribution in [3.05, 3.63) is 36.2 Å². The van der Waals surface area contributed by atoms with Gasteiger partial charge in [0, 0.05) is 43.3 Å². The Morgan fingerprint density at radius 2 is 1.88 bits per heavy atom. The molecular weight excluding hydrogens is 464 g/mol. The number of nitrogens with one attached hydrogen (secondary N) is 1. The van der Waals surface area contributed by atoms with Crippen molar-refractivity contribution in [1.29, 1.82) is 0 Å². The van der Waals surface area contributed by atoms with Crippen molar-refractivity contribution < 1.29 is 22.9 Å². The second kappa shape index (κ2) is 9.96. The second-order valence-corrected chi connectivity index (χ2v) is 11.4. The quantitative estimate of drug-likeness (QED) is 0.465. The fraction of sp³-hybridized carbons (Fsp3) is 0.500. The smallest absolute Gasteiger partial charge is 0.303 e. The minimum atomic E-state index is -3.67. The van der Waals surface area contributed by atoms with Gasteiger partial charge in [-0.2, -0.15) is 8.42 Å². The van der Waals surface area contributed by atoms with E-state index in [0.29, 0.717) is 30.4 Å². The summed E-state index contributed by atoms with van der Waals surface area (Å²) in [5.41, 5.74) is 2.38. The average Bonchev–Trinajstić information content (AvgIpc) is 2.71. The third kappa shape index (κ3) is 6.44. The molecule has 2 unspecified atom stereocenters. The van der Waals surface area contributed by atoms with Crippen LogP contribution in [-0.2, 0) is 21.5 Å². The van der Waals surface area contributed by atoms with Gasteiger partial charge in [-0.15, -0.1) is 0 Å². The highest BCUT2D eigenvalue weighted by molar-refractivity contribution is 7.99. The Morgan fingerprint density at radius 1 is 1.21 bits per heavy atom. The normalized spacial score (nSPS) is 23.9. The van der Waals surface area contributed by atoms with Gasteiger partial charge in [0.05, 0.1) is 11.9 Å². The summed E-state index contributed by atoms with van der Waals surface area (Å²) in [5, 5.41) is 13.6. The lowest BCUT2D eigenvalue weighted by molar-refractivity contribution is -0.140. The van der Waals surface area contributed by atoms with Crippen molar-refractivity contribution in [2.45, 2.75) is 42.1 Å². The van der Waals surface area contributed by atoms with E-state index in [9.17, 15) is 18.3 Å². The van der Waals surface area contributed by atoms with Crippen LogP contribution in [0, 0.1) is 17.8 Å². The molecule has 9 nitrogen and oxygen atoms in total. The zero-order valence-electron chi connectivity index (χ0n) is 18.3. The van der Waals surface area contributed by atoms with Crippen LogP contribution in [0.4, 0.5) is 11.5 Å². The summed E-state index contributed by atoms with van der Waals surface area (Å²) in [5.74, 6) is 1.59. The van der Waals surface area contributed by atoms with Crippen molar-refractivity contribution >= 4 is 39.4 Å². The second-order valence-electron chi connectivity index (χ2n) is 8.91. The number of aliphatic carboxylic acids is 1. The van der Waals surface area contributed by atoms with Crippen molar-refractivity contribution in [3.8, 4) is 0 Å². The van der Waals surface area contributed by atoms with Gasteiger partial charge in [0.1, 0.15) is 5.03 Å². The average molecular weight is 493 g/mol. The van der Waals surface area contributed by atoms with E-state index in [0.717, 1.165) is 36.2 Å². The molecule has 3 aliphatic rings. The molecule has 2 atom stereocenters. The van der Waals surface area contributed by atoms with Crippen LogP contribution in [0.25, 0.3) is 0 Å². The molecule has 0 radical (unpaired) electrons. The maximum Gasteiger partial charge on any atom is 0.303 e. The van der Waals surface area contributed by atoms with Crippen LogP contribution in [-0.4, -0.2) is 58.3 Å². The lowest BCUT2D eigenvalue weighted by atomic mass is 9.67. The number of anilines is 2. The molecule has 2 fully saturated rings. The van der Waals surface area contributed by atoms with E-state index in [2.05, 4.69) is 38.4 Å². The minimum Gasteiger partial charge on any atom is -0.481 e. The van der Waals surface area contributed by atoms with E-state index in [4.69, 9.17) is 4.55 Å². The molecule has 1 aromatic carbocycles. The van der Waals surface area contributed by atoms with Crippen LogP contribution in [0.3, 0.4) is 0 Å². The molecule has 2 aromatic rings. The van der Waals surface area contributed by atoms with Crippen LogP contribution in [0.2, 0.25) is 0 Å². The number of aromatic nitrogens is 2. The topological polar surface area (TPSA) is 133 Å². The molecule has 3 heterocycles. The summed E-state index contributed by atoms with van der Waals surface area (Å²) in [4.78, 5) is 23.7. The maximum absolute atomic E-state index is 11.3. The summed E-state index contributed by atoms with van der Waals surface area (Å²) >= 11 is 1.65. The highest BCUT2D eigenvalue weighted by Crippen LogP contribution is 2.44. The standard InChI is InChI=1S/C21H24N4O2S.CH4O3S/c26-19(27)9-16-14-2-1-3-15(16)12-25(11-14)10-13-4-5-18-17(8-13)24-20-21(28-18)23-7-6-22-20;1-5(2,3)4/h4-8,14-16H,1-3,9-12H2,(H,22,24)(H,26,27);1H3,(H,2,3,4). The summed E-state index contributed by atoms with van der Waals surface area (Å²) in [6.45, 7) is 2.95. The zero-order valence-corrected chi connectivity index (χ0v) is 20.0. The van der Waals surface area contributed by atoms with Crippen molar-refractivity contribution in [1.82, 2.24) is 14.9 Å². The van der Waals surface area contributed by atoms with Crippen molar-refractivity contribution in [2.75, 3.05) is 24.7 Å². The van der Waals surface area contributed by atoms with Crippen LogP contribution in [0.1, 0.15) is 31.2 Å². The number of nitrogens with zero attached hydrogens (tertiary/aromatic N) is 3. The lowest BCUT2D eigenvalue weighted by Crippen LogP contribution is -2.48. The Balaban J connectivity index is 0.000000471. The highest BCUT2D eigenvalue weighted by atomic mass is 32.2. The summed E-state index contributed by atoms with van der Waals surface area (Å²) in [6, 6.07) is 6.59. The summed E-state index contributed by atoms with van der Waals surface area (Å²) in [7, 11) is -3.67. The number of carboxylic acids is 1. The molecule has 1 saturated carbocycles. The van der Waals surface area contributed by atoms with E-state index in [1.807, 2.05) is 0 Å². The molecule has 2 bridgehead atoms. The number of rotatable bonds is 4. The molecular formula is C22H28N4O5S2. The maximum atomic E-state index is 11.3. The number of fused-ring (bicyclic) bond motifs is 4. The largest absolute Gasteiger partial charge is 0.481 e. The summed E-state index contributed by atoms with van der Waals surface area (Å²) in [6.07, 6.45) is 8.07. The molecule has 11 heteroatoms. The first-order valence-electron chi connectivity index (χ1n) is 10.9. The molecule has 3 N–H and O–H groups in total. The van der Waals surface area contributed by atoms with Crippen LogP contribution < -0.4 is 5.32 Å². The van der Waals surface area contributed by atoms with Gasteiger partial charge in [-0.3, -0.25) is 14.2 Å². The highest BCUT2D eigenvalue weighted by Gasteiger charge is 2.40. The third-order valence-electron chi connectivity index (χ3n) is 6.33. The first kappa shape index (κ1) is 23.9. The van der Waals surface area contributed by atoms with E-state index >= 15 is 0 Å². The van der Waals surface area contributed by atoms with E-state index in [1.54, 1.807) is 24.2 Å². The number of benzene rings is 1. The molecule has 33 heavy (non-hydrogen) atoms. The predicted octanol–water partition coefficient (Wildman–Crippen LogP) is 3.51. The number of hydrogen-bond donors (Lipinski definition) is 3. The number of piperidine rings is 1. The third-order valence-corrected chi connectivity index (χ3v) is 7.40. The molecule has 5 rings (SSSR count). The molecule has 1 aromatic heterocycles. The van der Waals surface area contributed by atoms with E-state index in [1.165, 1.54) is 29.7 Å². The van der Waals surface area contributed by atoms with Gasteiger partial charge in [0.2, 0.25) is 0 Å². The monoisotopic (exact) mass is 492 g/mol. The molecule has 1 saturated heterocycles. The Hall–Kier alpha value is -2.21. The Kier molecular flexibility index (Phi) is 7.22. The van der Waals surface area contributed by atoms with Gasteiger partial charge >= 0.3 is 5.97 Å². The number of likely N-dealkylation sites (tertiary alicyclic amines) is 1. The molecule has 2 aliphatic heterocycles. The predicted molar refractivity (Wildman–Crippen MR) is 125 cm³/mol. The SMILES string of the molecule is CS(=O)(=O)O.O=C(O)CC1C2CCCC1CN(Cc1ccc3c(c1)Nc1nccnc1S3)C2. The Bertz CT molecular complexity index is 1110. The first-order chi connectivity index (χ1) is 15.7. The molecule has 178 valence electrons. The Labute approximate surface area is 197 Å². The van der Waals surface area contributed by atoms with Gasteiger partial charge in [0.15, 0.2) is 5.82 Å². The minimum absolute atomic E-state index is 0.337. The van der Waals surface area contributed by atoms with Crippen molar-refractivity contribution in [3.63, 3.8) is 0 Å². The fourth-order valence-electron chi connectivity index (χ4n) is 5.15. The molecule has 0 amide bonds. The van der Waals surface area contributed by atoms with Gasteiger partial charge in [-0.25, -0.2) is 9.97 Å². The van der Waals surface area contributed by atoms with E-state index < -0.39 is 16.1 Å². The zero-order chi connectivity index (χ0) is 23.6. The Morgan fingerprint density at radius 3 is 2.55 bits per heavy atom. The van der Waals surface area contributed by atoms with Crippen LogP contribution in [0.5, 0.6) is 0 Å². The van der Waals surface area contributed by atoms with Crippen molar-refractivity contribution in [2.24, 2.45) is 17.8 Å². The molecule has 1 aliphatic carbocycles. The van der Waals surface area contributed by atoms with E-state index in [-0.39, 0.29) is 0 Å². The van der Waals surface area contributed by atoms with Gasteiger partial charge in [-0.05, 0) is 48.3 Å². The fourth-order valence-corrected chi connectivity index (χ4v) is 6.03. The molecule has 0 spiro atoms. The van der Waals surface area contributed by atoms with Gasteiger partial charge in [0.25, 0.3) is 10.1 Å². The summed E-state index contributed by atoms with van der Waals surface area (Å²) < 4.78 is 25.9. The number of carboxylic acid groups (broad SMARTS) is 1. The van der Waals surface area contributed by atoms with Gasteiger partial charge < -0.3 is 10.4 Å². The van der Waals surface area contributed by atoms with Crippen LogP contribution >= 0.6 is 11.8 Å². The number of carbonyl (C=O) groups is 1. The van der Waals surface area contributed by atoms with Gasteiger partial charge in [-0.1, -0.05) is 24.2 Å². The van der Waals surface area contributed by atoms with Crippen LogP contribution in [0.15, 0.2) is 40.5 Å². The first-order valence-corrected chi connectivity index (χ1v) is 13.6.